The lowest BCUT2D eigenvalue weighted by molar-refractivity contribution is 0.0597. The van der Waals surface area contributed by atoms with Crippen LogP contribution in [0.2, 0.25) is 0 Å². The third-order valence-electron chi connectivity index (χ3n) is 3.94. The van der Waals surface area contributed by atoms with Gasteiger partial charge in [0.2, 0.25) is 0 Å². The smallest absolute Gasteiger partial charge is 0.262 e. The van der Waals surface area contributed by atoms with Gasteiger partial charge in [-0.2, -0.15) is 0 Å². The lowest BCUT2D eigenvalue weighted by atomic mass is 10.1. The first kappa shape index (κ1) is 16.4. The lowest BCUT2D eigenvalue weighted by Crippen LogP contribution is -2.36. The van der Waals surface area contributed by atoms with E-state index in [1.807, 2.05) is 6.92 Å². The number of hydrogen-bond donors (Lipinski definition) is 2. The van der Waals surface area contributed by atoms with E-state index in [2.05, 4.69) is 0 Å². The molecule has 0 radical (unpaired) electrons. The average Bonchev–Trinajstić information content (AvgIpc) is 2.76. The highest BCUT2D eigenvalue weighted by molar-refractivity contribution is 7.79. The molecule has 2 aromatic rings. The van der Waals surface area contributed by atoms with Gasteiger partial charge in [-0.25, -0.2) is 4.21 Å². The van der Waals surface area contributed by atoms with Gasteiger partial charge in [0, 0.05) is 0 Å². The highest BCUT2D eigenvalue weighted by Gasteiger charge is 2.41. The molecule has 1 heterocycles. The van der Waals surface area contributed by atoms with Crippen LogP contribution in [0, 0.1) is 6.92 Å². The summed E-state index contributed by atoms with van der Waals surface area (Å²) in [6.07, 6.45) is 0. The van der Waals surface area contributed by atoms with E-state index in [1.165, 1.54) is 12.1 Å². The minimum absolute atomic E-state index is 0.0475. The second kappa shape index (κ2) is 6.18. The Morgan fingerprint density at radius 2 is 1.79 bits per heavy atom. The molecule has 2 N–H and O–H groups in total. The summed E-state index contributed by atoms with van der Waals surface area (Å²) >= 11 is -2.23. The number of amides is 2. The summed E-state index contributed by atoms with van der Waals surface area (Å²) in [7, 11) is 0. The van der Waals surface area contributed by atoms with E-state index in [0.717, 1.165) is 10.5 Å². The number of aromatic hydroxyl groups is 1. The molecule has 1 aliphatic rings. The average molecular weight is 345 g/mol. The summed E-state index contributed by atoms with van der Waals surface area (Å²) < 4.78 is 20.7. The van der Waals surface area contributed by atoms with E-state index < -0.39 is 28.9 Å². The summed E-state index contributed by atoms with van der Waals surface area (Å²) in [5, 5.41) is 9.65. The molecule has 2 amide bonds. The maximum atomic E-state index is 12.7. The molecule has 3 rings (SSSR count). The zero-order chi connectivity index (χ0) is 17.4. The molecule has 6 nitrogen and oxygen atoms in total. The molecule has 7 heteroatoms. The van der Waals surface area contributed by atoms with Crippen LogP contribution in [0.5, 0.6) is 5.75 Å². The molecule has 0 aliphatic carbocycles. The summed E-state index contributed by atoms with van der Waals surface area (Å²) in [4.78, 5) is 26.4. The van der Waals surface area contributed by atoms with Gasteiger partial charge in [-0.1, -0.05) is 23.8 Å². The number of nitrogens with zero attached hydrogens (tertiary/aromatic N) is 1. The monoisotopic (exact) mass is 345 g/mol. The van der Waals surface area contributed by atoms with Gasteiger partial charge in [-0.15, -0.1) is 0 Å². The van der Waals surface area contributed by atoms with Gasteiger partial charge >= 0.3 is 0 Å². The number of hydrogen-bond acceptors (Lipinski definition) is 4. The Kier molecular flexibility index (Phi) is 4.21. The first-order valence-electron chi connectivity index (χ1n) is 7.23. The molecule has 2 aromatic carbocycles. The molecular formula is C17H15NO5S. The standard InChI is InChI=1S/C17H15NO5S/c1-10-5-6-13-14(7-10)17(21)18(16(13)20)15(9-24(22)23)11-3-2-4-12(19)8-11/h2-8,15,19H,9H2,1H3,(H,22,23). The topological polar surface area (TPSA) is 94.9 Å². The molecule has 0 fully saturated rings. The number of imide groups is 1. The molecule has 0 saturated heterocycles. The SMILES string of the molecule is Cc1ccc2c(c1)C(=O)N(C(CS(=O)O)c1cccc(O)c1)C2=O. The molecule has 0 saturated carbocycles. The fraction of sp³-hybridized carbons (Fsp3) is 0.176. The lowest BCUT2D eigenvalue weighted by Gasteiger charge is -2.25. The largest absolute Gasteiger partial charge is 0.508 e. The molecule has 0 spiro atoms. The number of rotatable bonds is 4. The van der Waals surface area contributed by atoms with Crippen molar-refractivity contribution in [2.45, 2.75) is 13.0 Å². The molecular weight excluding hydrogens is 330 g/mol. The van der Waals surface area contributed by atoms with Crippen LogP contribution in [0.4, 0.5) is 0 Å². The number of benzene rings is 2. The number of carbonyl (C=O) groups excluding carboxylic acids is 2. The highest BCUT2D eigenvalue weighted by atomic mass is 32.2. The molecule has 2 atom stereocenters. The molecule has 1 aliphatic heterocycles. The quantitative estimate of drug-likeness (QED) is 0.655. The minimum atomic E-state index is -2.23. The van der Waals surface area contributed by atoms with Gasteiger partial charge in [0.25, 0.3) is 11.8 Å². The zero-order valence-corrected chi connectivity index (χ0v) is 13.6. The number of aryl methyl sites for hydroxylation is 1. The third kappa shape index (κ3) is 2.83. The van der Waals surface area contributed by atoms with Crippen LogP contribution in [0.15, 0.2) is 42.5 Å². The van der Waals surface area contributed by atoms with Crippen LogP contribution >= 0.6 is 0 Å². The predicted octanol–water partition coefficient (Wildman–Crippen LogP) is 2.26. The van der Waals surface area contributed by atoms with Gasteiger partial charge < -0.3 is 9.66 Å². The fourth-order valence-electron chi connectivity index (χ4n) is 2.84. The first-order valence-corrected chi connectivity index (χ1v) is 8.51. The van der Waals surface area contributed by atoms with Crippen molar-refractivity contribution in [3.05, 3.63) is 64.7 Å². The van der Waals surface area contributed by atoms with Gasteiger partial charge in [0.05, 0.1) is 22.9 Å². The Balaban J connectivity index is 2.08. The van der Waals surface area contributed by atoms with Crippen molar-refractivity contribution in [3.8, 4) is 5.75 Å². The van der Waals surface area contributed by atoms with Crippen LogP contribution in [0.3, 0.4) is 0 Å². The number of carbonyl (C=O) groups is 2. The van der Waals surface area contributed by atoms with Crippen molar-refractivity contribution in [1.82, 2.24) is 4.90 Å². The second-order valence-electron chi connectivity index (χ2n) is 5.63. The van der Waals surface area contributed by atoms with E-state index in [-0.39, 0.29) is 22.6 Å². The van der Waals surface area contributed by atoms with Crippen molar-refractivity contribution in [1.29, 1.82) is 0 Å². The van der Waals surface area contributed by atoms with Crippen molar-refractivity contribution < 1.29 is 23.5 Å². The highest BCUT2D eigenvalue weighted by Crippen LogP contribution is 2.33. The second-order valence-corrected chi connectivity index (χ2v) is 6.60. The Hall–Kier alpha value is -2.51. The number of phenols is 1. The summed E-state index contributed by atoms with van der Waals surface area (Å²) in [6, 6.07) is 10.0. The van der Waals surface area contributed by atoms with Crippen molar-refractivity contribution in [3.63, 3.8) is 0 Å². The van der Waals surface area contributed by atoms with Gasteiger partial charge in [0.15, 0.2) is 11.1 Å². The number of phenolic OH excluding ortho intramolecular Hbond substituents is 1. The summed E-state index contributed by atoms with van der Waals surface area (Å²) in [5.74, 6) is -1.38. The molecule has 0 bridgehead atoms. The maximum absolute atomic E-state index is 12.7. The Morgan fingerprint density at radius 1 is 1.08 bits per heavy atom. The normalized spacial score (nSPS) is 16.2. The third-order valence-corrected chi connectivity index (χ3v) is 4.54. The number of fused-ring (bicyclic) bond motifs is 1. The van der Waals surface area contributed by atoms with Gasteiger partial charge in [-0.05, 0) is 36.8 Å². The van der Waals surface area contributed by atoms with Crippen molar-refractivity contribution >= 4 is 22.9 Å². The molecule has 124 valence electrons. The first-order chi connectivity index (χ1) is 11.4. The van der Waals surface area contributed by atoms with Gasteiger partial charge in [-0.3, -0.25) is 14.5 Å². The van der Waals surface area contributed by atoms with Crippen molar-refractivity contribution in [2.75, 3.05) is 5.75 Å². The molecule has 24 heavy (non-hydrogen) atoms. The van der Waals surface area contributed by atoms with Gasteiger partial charge in [0.1, 0.15) is 5.75 Å². The van der Waals surface area contributed by atoms with E-state index in [9.17, 15) is 23.5 Å². The van der Waals surface area contributed by atoms with E-state index in [0.29, 0.717) is 5.56 Å². The Labute approximate surface area is 141 Å². The Morgan fingerprint density at radius 3 is 2.46 bits per heavy atom. The van der Waals surface area contributed by atoms with Crippen LogP contribution in [-0.2, 0) is 11.1 Å². The van der Waals surface area contributed by atoms with E-state index in [4.69, 9.17) is 0 Å². The van der Waals surface area contributed by atoms with E-state index >= 15 is 0 Å². The fourth-order valence-corrected chi connectivity index (χ4v) is 3.45. The summed E-state index contributed by atoms with van der Waals surface area (Å²) in [5.41, 5.74) is 1.83. The summed E-state index contributed by atoms with van der Waals surface area (Å²) in [6.45, 7) is 1.82. The van der Waals surface area contributed by atoms with Crippen LogP contribution < -0.4 is 0 Å². The molecule has 2 unspecified atom stereocenters. The van der Waals surface area contributed by atoms with Crippen LogP contribution in [0.1, 0.15) is 37.9 Å². The Bertz CT molecular complexity index is 864. The van der Waals surface area contributed by atoms with Crippen LogP contribution in [0.25, 0.3) is 0 Å². The van der Waals surface area contributed by atoms with E-state index in [1.54, 1.807) is 30.3 Å². The van der Waals surface area contributed by atoms with Crippen LogP contribution in [-0.4, -0.2) is 36.3 Å². The maximum Gasteiger partial charge on any atom is 0.262 e. The molecule has 0 aromatic heterocycles. The minimum Gasteiger partial charge on any atom is -0.508 e. The van der Waals surface area contributed by atoms with Crippen molar-refractivity contribution in [2.24, 2.45) is 0 Å². The zero-order valence-electron chi connectivity index (χ0n) is 12.8. The predicted molar refractivity (Wildman–Crippen MR) is 88.2 cm³/mol.